The predicted molar refractivity (Wildman–Crippen MR) is 68.7 cm³/mol. The van der Waals surface area contributed by atoms with Gasteiger partial charge in [0.15, 0.2) is 0 Å². The highest BCUT2D eigenvalue weighted by molar-refractivity contribution is 5.01. The van der Waals surface area contributed by atoms with Crippen LogP contribution in [0.15, 0.2) is 12.3 Å². The van der Waals surface area contributed by atoms with Gasteiger partial charge in [-0.2, -0.15) is 0 Å². The lowest BCUT2D eigenvalue weighted by Crippen LogP contribution is -2.30. The third-order valence-corrected chi connectivity index (χ3v) is 3.37. The molecule has 2 rings (SSSR count). The lowest BCUT2D eigenvalue weighted by Gasteiger charge is -2.19. The molecule has 0 bridgehead atoms. The van der Waals surface area contributed by atoms with Crippen molar-refractivity contribution in [3.63, 3.8) is 0 Å². The summed E-state index contributed by atoms with van der Waals surface area (Å²) in [6, 6.07) is 2.70. The van der Waals surface area contributed by atoms with E-state index < -0.39 is 0 Å². The molecular weight excluding hydrogens is 212 g/mol. The van der Waals surface area contributed by atoms with Gasteiger partial charge in [-0.1, -0.05) is 6.92 Å². The molecule has 1 fully saturated rings. The summed E-state index contributed by atoms with van der Waals surface area (Å²) in [5.74, 6) is 0.863. The quantitative estimate of drug-likeness (QED) is 0.857. The Balaban J connectivity index is 1.90. The Kier molecular flexibility index (Phi) is 4.45. The lowest BCUT2D eigenvalue weighted by atomic mass is 10.1. The molecule has 2 heterocycles. The van der Waals surface area contributed by atoms with Crippen molar-refractivity contribution in [2.75, 3.05) is 19.6 Å². The van der Waals surface area contributed by atoms with E-state index in [0.717, 1.165) is 37.7 Å². The third-order valence-electron chi connectivity index (χ3n) is 3.37. The number of aromatic nitrogens is 2. The Morgan fingerprint density at radius 1 is 1.47 bits per heavy atom. The lowest BCUT2D eigenvalue weighted by molar-refractivity contribution is 0.278. The molecule has 1 unspecified atom stereocenters. The van der Waals surface area contributed by atoms with Crippen molar-refractivity contribution in [3.8, 4) is 0 Å². The fourth-order valence-corrected chi connectivity index (χ4v) is 2.31. The van der Waals surface area contributed by atoms with Gasteiger partial charge in [-0.25, -0.2) is 9.97 Å². The molecule has 4 heteroatoms. The van der Waals surface area contributed by atoms with Gasteiger partial charge in [-0.05, 0) is 25.8 Å². The average Bonchev–Trinajstić information content (AvgIpc) is 2.54. The van der Waals surface area contributed by atoms with Gasteiger partial charge in [-0.15, -0.1) is 0 Å². The molecule has 1 aliphatic rings. The molecule has 1 aromatic heterocycles. The van der Waals surface area contributed by atoms with Crippen LogP contribution in [0.5, 0.6) is 0 Å². The van der Waals surface area contributed by atoms with Gasteiger partial charge in [0.05, 0.1) is 5.69 Å². The summed E-state index contributed by atoms with van der Waals surface area (Å²) < 4.78 is 0. The molecule has 94 valence electrons. The standard InChI is InChI=1S/C13H22N4/c1-3-12-5-8-17(9-7-15-12)10-13-4-6-14-11(2)16-13/h4,6,12,15H,3,5,7-10H2,1-2H3. The molecule has 1 aliphatic heterocycles. The van der Waals surface area contributed by atoms with Gasteiger partial charge >= 0.3 is 0 Å². The number of aryl methyl sites for hydroxylation is 1. The molecule has 0 aliphatic carbocycles. The van der Waals surface area contributed by atoms with Crippen molar-refractivity contribution in [2.45, 2.75) is 39.3 Å². The van der Waals surface area contributed by atoms with Crippen molar-refractivity contribution >= 4 is 0 Å². The molecule has 1 N–H and O–H groups in total. The molecule has 1 aromatic rings. The molecule has 0 radical (unpaired) electrons. The van der Waals surface area contributed by atoms with Crippen LogP contribution in [0.2, 0.25) is 0 Å². The van der Waals surface area contributed by atoms with Crippen molar-refractivity contribution in [2.24, 2.45) is 0 Å². The number of nitrogens with one attached hydrogen (secondary N) is 1. The Morgan fingerprint density at radius 2 is 2.35 bits per heavy atom. The van der Waals surface area contributed by atoms with E-state index in [1.807, 2.05) is 19.2 Å². The first-order valence-electron chi connectivity index (χ1n) is 6.52. The van der Waals surface area contributed by atoms with Crippen molar-refractivity contribution in [1.82, 2.24) is 20.2 Å². The van der Waals surface area contributed by atoms with E-state index in [0.29, 0.717) is 6.04 Å². The maximum absolute atomic E-state index is 4.46. The monoisotopic (exact) mass is 234 g/mol. The van der Waals surface area contributed by atoms with E-state index in [2.05, 4.69) is 27.1 Å². The van der Waals surface area contributed by atoms with Gasteiger partial charge in [0.1, 0.15) is 5.82 Å². The van der Waals surface area contributed by atoms with E-state index in [4.69, 9.17) is 0 Å². The van der Waals surface area contributed by atoms with Gasteiger partial charge in [0.25, 0.3) is 0 Å². The minimum Gasteiger partial charge on any atom is -0.313 e. The summed E-state index contributed by atoms with van der Waals surface area (Å²) in [6.45, 7) is 8.50. The van der Waals surface area contributed by atoms with Gasteiger partial charge in [0.2, 0.25) is 0 Å². The molecule has 0 spiro atoms. The maximum atomic E-state index is 4.46. The van der Waals surface area contributed by atoms with Crippen LogP contribution in [0.3, 0.4) is 0 Å². The summed E-state index contributed by atoms with van der Waals surface area (Å²) in [6.07, 6.45) is 4.31. The Labute approximate surface area is 103 Å². The van der Waals surface area contributed by atoms with Gasteiger partial charge in [-0.3, -0.25) is 4.90 Å². The van der Waals surface area contributed by atoms with E-state index in [1.54, 1.807) is 0 Å². The SMILES string of the molecule is CCC1CCN(Cc2ccnc(C)n2)CCN1. The van der Waals surface area contributed by atoms with Crippen molar-refractivity contribution in [3.05, 3.63) is 23.8 Å². The fraction of sp³-hybridized carbons (Fsp3) is 0.692. The Hall–Kier alpha value is -1.00. The van der Waals surface area contributed by atoms with Crippen LogP contribution >= 0.6 is 0 Å². The summed E-state index contributed by atoms with van der Waals surface area (Å²) in [5, 5.41) is 3.58. The fourth-order valence-electron chi connectivity index (χ4n) is 2.31. The van der Waals surface area contributed by atoms with Crippen molar-refractivity contribution in [1.29, 1.82) is 0 Å². The predicted octanol–water partition coefficient (Wildman–Crippen LogP) is 1.36. The highest BCUT2D eigenvalue weighted by Crippen LogP contribution is 2.08. The molecule has 17 heavy (non-hydrogen) atoms. The largest absolute Gasteiger partial charge is 0.313 e. The zero-order valence-corrected chi connectivity index (χ0v) is 10.8. The number of hydrogen-bond donors (Lipinski definition) is 1. The minimum absolute atomic E-state index is 0.687. The average molecular weight is 234 g/mol. The van der Waals surface area contributed by atoms with Crippen LogP contribution < -0.4 is 5.32 Å². The van der Waals surface area contributed by atoms with Crippen LogP contribution in [0.1, 0.15) is 31.3 Å². The van der Waals surface area contributed by atoms with Crippen LogP contribution in [0, 0.1) is 6.92 Å². The number of rotatable bonds is 3. The molecule has 1 saturated heterocycles. The topological polar surface area (TPSA) is 41.1 Å². The van der Waals surface area contributed by atoms with E-state index in [9.17, 15) is 0 Å². The Morgan fingerprint density at radius 3 is 3.12 bits per heavy atom. The molecule has 0 aromatic carbocycles. The second-order valence-electron chi connectivity index (χ2n) is 4.72. The highest BCUT2D eigenvalue weighted by Gasteiger charge is 2.15. The minimum atomic E-state index is 0.687. The molecular formula is C13H22N4. The van der Waals surface area contributed by atoms with Crippen LogP contribution in [-0.4, -0.2) is 40.5 Å². The first-order chi connectivity index (χ1) is 8.28. The summed E-state index contributed by atoms with van der Waals surface area (Å²) in [7, 11) is 0. The maximum Gasteiger partial charge on any atom is 0.125 e. The van der Waals surface area contributed by atoms with Crippen molar-refractivity contribution < 1.29 is 0 Å². The molecule has 1 atom stereocenters. The number of nitrogens with zero attached hydrogens (tertiary/aromatic N) is 3. The first kappa shape index (κ1) is 12.5. The van der Waals surface area contributed by atoms with E-state index in [1.165, 1.54) is 12.8 Å². The Bertz CT molecular complexity index is 353. The summed E-state index contributed by atoms with van der Waals surface area (Å²) in [4.78, 5) is 11.1. The third kappa shape index (κ3) is 3.75. The summed E-state index contributed by atoms with van der Waals surface area (Å²) >= 11 is 0. The number of hydrogen-bond acceptors (Lipinski definition) is 4. The van der Waals surface area contributed by atoms with Crippen LogP contribution in [-0.2, 0) is 6.54 Å². The smallest absolute Gasteiger partial charge is 0.125 e. The molecule has 0 saturated carbocycles. The summed E-state index contributed by atoms with van der Waals surface area (Å²) in [5.41, 5.74) is 1.13. The second-order valence-corrected chi connectivity index (χ2v) is 4.72. The zero-order chi connectivity index (χ0) is 12.1. The van der Waals surface area contributed by atoms with Crippen LogP contribution in [0.25, 0.3) is 0 Å². The zero-order valence-electron chi connectivity index (χ0n) is 10.8. The normalized spacial score (nSPS) is 22.4. The molecule has 0 amide bonds. The van der Waals surface area contributed by atoms with E-state index in [-0.39, 0.29) is 0 Å². The van der Waals surface area contributed by atoms with Gasteiger partial charge in [0, 0.05) is 38.4 Å². The highest BCUT2D eigenvalue weighted by atomic mass is 15.2. The van der Waals surface area contributed by atoms with Crippen LogP contribution in [0.4, 0.5) is 0 Å². The van der Waals surface area contributed by atoms with E-state index >= 15 is 0 Å². The second kappa shape index (κ2) is 6.07. The van der Waals surface area contributed by atoms with Gasteiger partial charge < -0.3 is 5.32 Å². The molecule has 4 nitrogen and oxygen atoms in total. The first-order valence-corrected chi connectivity index (χ1v) is 6.52.